The number of H-pyrrole nitrogens is 1. The number of nitrogens with zero attached hydrogens (tertiary/aromatic N) is 2. The Kier molecular flexibility index (Phi) is 4.12. The molecule has 5 nitrogen and oxygen atoms in total. The quantitative estimate of drug-likeness (QED) is 0.897. The normalized spacial score (nSPS) is 29.5. The average molecular weight is 339 g/mol. The molecule has 2 N–H and O–H groups in total. The summed E-state index contributed by atoms with van der Waals surface area (Å²) in [7, 11) is 0. The molecule has 1 aliphatic heterocycles. The highest BCUT2D eigenvalue weighted by atomic mass is 16.4. The average Bonchev–Trinajstić information content (AvgIpc) is 3.18. The molecule has 25 heavy (non-hydrogen) atoms. The fourth-order valence-corrected chi connectivity index (χ4v) is 4.81. The van der Waals surface area contributed by atoms with Crippen LogP contribution in [0.2, 0.25) is 0 Å². The van der Waals surface area contributed by atoms with Gasteiger partial charge in [-0.3, -0.25) is 9.69 Å². The van der Waals surface area contributed by atoms with Crippen molar-refractivity contribution in [3.63, 3.8) is 0 Å². The second-order valence-electron chi connectivity index (χ2n) is 7.72. The molecule has 1 aromatic heterocycles. The van der Waals surface area contributed by atoms with Crippen molar-refractivity contribution in [3.05, 3.63) is 53.6 Å². The first-order chi connectivity index (χ1) is 12.1. The summed E-state index contributed by atoms with van der Waals surface area (Å²) in [6, 6.07) is 10.5. The third-order valence-electron chi connectivity index (χ3n) is 6.10. The zero-order valence-corrected chi connectivity index (χ0v) is 14.6. The van der Waals surface area contributed by atoms with Crippen molar-refractivity contribution in [2.24, 2.45) is 11.3 Å². The van der Waals surface area contributed by atoms with Crippen molar-refractivity contribution in [1.29, 1.82) is 0 Å². The molecule has 1 aromatic carbocycles. The second kappa shape index (κ2) is 6.30. The summed E-state index contributed by atoms with van der Waals surface area (Å²) in [6.07, 6.45) is 4.52. The van der Waals surface area contributed by atoms with Crippen molar-refractivity contribution in [3.8, 4) is 0 Å². The van der Waals surface area contributed by atoms with Crippen LogP contribution in [0.25, 0.3) is 0 Å². The van der Waals surface area contributed by atoms with Gasteiger partial charge in [0.05, 0.1) is 12.0 Å². The van der Waals surface area contributed by atoms with E-state index in [9.17, 15) is 9.90 Å². The Bertz CT molecular complexity index is 757. The van der Waals surface area contributed by atoms with Crippen molar-refractivity contribution >= 4 is 5.97 Å². The third-order valence-corrected chi connectivity index (χ3v) is 6.10. The van der Waals surface area contributed by atoms with Crippen LogP contribution < -0.4 is 0 Å². The molecule has 5 heteroatoms. The monoisotopic (exact) mass is 339 g/mol. The van der Waals surface area contributed by atoms with Gasteiger partial charge >= 0.3 is 5.97 Å². The standard InChI is InChI=1S/C20H25N3O2/c1-14-10-21-18(22-14)12-23-11-17-9-16(15-5-3-2-4-6-15)7-8-20(17,13-23)19(24)25/h2-6,10,16-17H,7-9,11-13H2,1H3,(H,21,22)(H,24,25)/t16-,17-,20-/m0/s1. The van der Waals surface area contributed by atoms with Crippen molar-refractivity contribution in [2.75, 3.05) is 13.1 Å². The minimum Gasteiger partial charge on any atom is -0.481 e. The first-order valence-electron chi connectivity index (χ1n) is 9.08. The van der Waals surface area contributed by atoms with Crippen LogP contribution in [-0.2, 0) is 11.3 Å². The number of fused-ring (bicyclic) bond motifs is 1. The Hall–Kier alpha value is -2.14. The van der Waals surface area contributed by atoms with Gasteiger partial charge < -0.3 is 10.1 Å². The number of aliphatic carboxylic acids is 1. The highest BCUT2D eigenvalue weighted by Gasteiger charge is 2.54. The maximum atomic E-state index is 12.2. The molecule has 4 rings (SSSR count). The first kappa shape index (κ1) is 16.3. The Morgan fingerprint density at radius 1 is 1.40 bits per heavy atom. The second-order valence-corrected chi connectivity index (χ2v) is 7.72. The van der Waals surface area contributed by atoms with Gasteiger partial charge in [0.15, 0.2) is 0 Å². The number of likely N-dealkylation sites (tertiary alicyclic amines) is 1. The van der Waals surface area contributed by atoms with Gasteiger partial charge in [0.1, 0.15) is 5.82 Å². The molecular weight excluding hydrogens is 314 g/mol. The largest absolute Gasteiger partial charge is 0.481 e. The molecule has 0 radical (unpaired) electrons. The van der Waals surface area contributed by atoms with Gasteiger partial charge in [0, 0.05) is 25.0 Å². The van der Waals surface area contributed by atoms with Crippen LogP contribution in [0.1, 0.15) is 42.3 Å². The predicted octanol–water partition coefficient (Wildman–Crippen LogP) is 3.19. The molecule has 3 atom stereocenters. The maximum Gasteiger partial charge on any atom is 0.311 e. The number of aromatic nitrogens is 2. The Labute approximate surface area is 148 Å². The molecule has 1 saturated carbocycles. The summed E-state index contributed by atoms with van der Waals surface area (Å²) < 4.78 is 0. The molecule has 0 bridgehead atoms. The third kappa shape index (κ3) is 2.97. The fourth-order valence-electron chi connectivity index (χ4n) is 4.81. The van der Waals surface area contributed by atoms with Gasteiger partial charge in [0.2, 0.25) is 0 Å². The summed E-state index contributed by atoms with van der Waals surface area (Å²) >= 11 is 0. The number of carboxylic acids is 1. The van der Waals surface area contributed by atoms with Gasteiger partial charge in [-0.05, 0) is 43.6 Å². The van der Waals surface area contributed by atoms with E-state index in [0.29, 0.717) is 19.0 Å². The van der Waals surface area contributed by atoms with Crippen LogP contribution in [0.3, 0.4) is 0 Å². The fraction of sp³-hybridized carbons (Fsp3) is 0.500. The molecule has 2 aliphatic rings. The van der Waals surface area contributed by atoms with Crippen molar-refractivity contribution < 1.29 is 9.90 Å². The van der Waals surface area contributed by atoms with E-state index >= 15 is 0 Å². The number of carbonyl (C=O) groups is 1. The summed E-state index contributed by atoms with van der Waals surface area (Å²) in [5.41, 5.74) is 1.80. The molecule has 2 aromatic rings. The first-order valence-corrected chi connectivity index (χ1v) is 9.08. The molecular formula is C20H25N3O2. The van der Waals surface area contributed by atoms with Gasteiger partial charge in [-0.25, -0.2) is 4.98 Å². The lowest BCUT2D eigenvalue weighted by molar-refractivity contribution is -0.152. The number of aryl methyl sites for hydroxylation is 1. The minimum absolute atomic E-state index is 0.208. The highest BCUT2D eigenvalue weighted by molar-refractivity contribution is 5.76. The summed E-state index contributed by atoms with van der Waals surface area (Å²) in [4.78, 5) is 22.1. The Morgan fingerprint density at radius 3 is 2.88 bits per heavy atom. The van der Waals surface area contributed by atoms with E-state index in [1.165, 1.54) is 5.56 Å². The van der Waals surface area contributed by atoms with E-state index in [4.69, 9.17) is 0 Å². The number of rotatable bonds is 4. The van der Waals surface area contributed by atoms with E-state index in [-0.39, 0.29) is 5.92 Å². The molecule has 1 saturated heterocycles. The summed E-state index contributed by atoms with van der Waals surface area (Å²) in [5.74, 6) is 0.989. The van der Waals surface area contributed by atoms with Crippen LogP contribution >= 0.6 is 0 Å². The van der Waals surface area contributed by atoms with Gasteiger partial charge in [-0.1, -0.05) is 30.3 Å². The number of aromatic amines is 1. The molecule has 0 amide bonds. The molecule has 1 aliphatic carbocycles. The smallest absolute Gasteiger partial charge is 0.311 e. The number of benzene rings is 1. The number of carboxylic acid groups (broad SMARTS) is 1. The van der Waals surface area contributed by atoms with Crippen LogP contribution in [-0.4, -0.2) is 39.0 Å². The van der Waals surface area contributed by atoms with Crippen molar-refractivity contribution in [1.82, 2.24) is 14.9 Å². The highest BCUT2D eigenvalue weighted by Crippen LogP contribution is 2.51. The SMILES string of the molecule is Cc1cnc(CN2C[C@@H]3C[C@@H](c4ccccc4)CC[C@]3(C(=O)O)C2)[nH]1. The lowest BCUT2D eigenvalue weighted by Gasteiger charge is -2.38. The predicted molar refractivity (Wildman–Crippen MR) is 95.2 cm³/mol. The molecule has 0 unspecified atom stereocenters. The van der Waals surface area contributed by atoms with Gasteiger partial charge in [0.25, 0.3) is 0 Å². The lowest BCUT2D eigenvalue weighted by Crippen LogP contribution is -2.42. The summed E-state index contributed by atoms with van der Waals surface area (Å²) in [5, 5.41) is 9.99. The molecule has 132 valence electrons. The van der Waals surface area contributed by atoms with Crippen LogP contribution in [0.4, 0.5) is 0 Å². The zero-order chi connectivity index (χ0) is 17.4. The number of hydrogen-bond donors (Lipinski definition) is 2. The van der Waals surface area contributed by atoms with Crippen molar-refractivity contribution in [2.45, 2.75) is 38.6 Å². The number of nitrogens with one attached hydrogen (secondary N) is 1. The van der Waals surface area contributed by atoms with E-state index in [1.54, 1.807) is 0 Å². The minimum atomic E-state index is -0.623. The molecule has 2 heterocycles. The van der Waals surface area contributed by atoms with Gasteiger partial charge in [-0.2, -0.15) is 0 Å². The van der Waals surface area contributed by atoms with E-state index in [1.807, 2.05) is 19.2 Å². The van der Waals surface area contributed by atoms with Crippen LogP contribution in [0, 0.1) is 18.3 Å². The Balaban J connectivity index is 1.52. The molecule has 2 fully saturated rings. The molecule has 0 spiro atoms. The van der Waals surface area contributed by atoms with Crippen LogP contribution in [0.5, 0.6) is 0 Å². The lowest BCUT2D eigenvalue weighted by atomic mass is 9.64. The van der Waals surface area contributed by atoms with Gasteiger partial charge in [-0.15, -0.1) is 0 Å². The number of imidazole rings is 1. The zero-order valence-electron chi connectivity index (χ0n) is 14.6. The van der Waals surface area contributed by atoms with E-state index in [2.05, 4.69) is 39.1 Å². The van der Waals surface area contributed by atoms with E-state index in [0.717, 1.165) is 37.3 Å². The Morgan fingerprint density at radius 2 is 2.20 bits per heavy atom. The number of hydrogen-bond acceptors (Lipinski definition) is 3. The maximum absolute atomic E-state index is 12.2. The summed E-state index contributed by atoms with van der Waals surface area (Å²) in [6.45, 7) is 4.17. The van der Waals surface area contributed by atoms with Crippen LogP contribution in [0.15, 0.2) is 36.5 Å². The van der Waals surface area contributed by atoms with E-state index < -0.39 is 11.4 Å². The topological polar surface area (TPSA) is 69.2 Å².